The summed E-state index contributed by atoms with van der Waals surface area (Å²) in [7, 11) is 0. The number of benzene rings is 3. The second-order valence-electron chi connectivity index (χ2n) is 11.6. The number of alkyl halides is 3. The van der Waals surface area contributed by atoms with Crippen LogP contribution < -0.4 is 20.3 Å². The van der Waals surface area contributed by atoms with Crippen molar-refractivity contribution in [3.05, 3.63) is 101 Å². The van der Waals surface area contributed by atoms with Gasteiger partial charge in [0.25, 0.3) is 0 Å². The maximum Gasteiger partial charge on any atom is 0.573 e. The number of hydrogen-bond donors (Lipinski definition) is 2. The summed E-state index contributed by atoms with van der Waals surface area (Å²) in [5.41, 5.74) is 4.87. The molecule has 2 amide bonds. The molecule has 1 aliphatic rings. The third kappa shape index (κ3) is 8.85. The van der Waals surface area contributed by atoms with Crippen molar-refractivity contribution in [1.29, 1.82) is 0 Å². The van der Waals surface area contributed by atoms with Gasteiger partial charge in [0.2, 0.25) is 0 Å². The van der Waals surface area contributed by atoms with Gasteiger partial charge in [-0.1, -0.05) is 49.9 Å². The van der Waals surface area contributed by atoms with Gasteiger partial charge in [-0.15, -0.1) is 18.3 Å². The fourth-order valence-corrected chi connectivity index (χ4v) is 6.31. The van der Waals surface area contributed by atoms with Gasteiger partial charge in [0.1, 0.15) is 17.9 Å². The van der Waals surface area contributed by atoms with Crippen LogP contribution >= 0.6 is 11.8 Å². The zero-order valence-corrected chi connectivity index (χ0v) is 27.2. The molecule has 0 fully saturated rings. The van der Waals surface area contributed by atoms with E-state index < -0.39 is 6.36 Å². The Labute approximate surface area is 275 Å². The minimum atomic E-state index is -4.75. The summed E-state index contributed by atoms with van der Waals surface area (Å²) < 4.78 is 56.6. The lowest BCUT2D eigenvalue weighted by molar-refractivity contribution is -0.274. The summed E-state index contributed by atoms with van der Waals surface area (Å²) in [6.07, 6.45) is -0.789. The SMILES string of the molecule is CC1=CSC(NC(=O)NC(C)CCCc2ccc(-c3ncn(-c4ccc(OC(F)(F)F)cc4)n3)cc2)N1c1ccc(F)cc1C(C)C. The molecule has 1 aliphatic heterocycles. The zero-order valence-electron chi connectivity index (χ0n) is 26.4. The largest absolute Gasteiger partial charge is 0.573 e. The molecular weight excluding hydrogens is 632 g/mol. The minimum Gasteiger partial charge on any atom is -0.406 e. The van der Waals surface area contributed by atoms with Gasteiger partial charge in [-0.2, -0.15) is 0 Å². The number of anilines is 1. The van der Waals surface area contributed by atoms with E-state index in [1.807, 2.05) is 62.3 Å². The van der Waals surface area contributed by atoms with Gasteiger partial charge >= 0.3 is 12.4 Å². The normalized spacial score (nSPS) is 15.5. The van der Waals surface area contributed by atoms with Crippen LogP contribution in [0.1, 0.15) is 57.6 Å². The second-order valence-corrected chi connectivity index (χ2v) is 12.6. The number of urea groups is 1. The molecule has 248 valence electrons. The average molecular weight is 669 g/mol. The molecule has 0 radical (unpaired) electrons. The van der Waals surface area contributed by atoms with E-state index in [2.05, 4.69) is 25.5 Å². The minimum absolute atomic E-state index is 0.0533. The number of aryl methyl sites for hydroxylation is 1. The van der Waals surface area contributed by atoms with E-state index in [1.54, 1.807) is 12.1 Å². The summed E-state index contributed by atoms with van der Waals surface area (Å²) >= 11 is 1.50. The predicted octanol–water partition coefficient (Wildman–Crippen LogP) is 8.50. The molecule has 13 heteroatoms. The van der Waals surface area contributed by atoms with Crippen molar-refractivity contribution >= 4 is 23.5 Å². The summed E-state index contributed by atoms with van der Waals surface area (Å²) in [6.45, 7) is 7.99. The van der Waals surface area contributed by atoms with Crippen molar-refractivity contribution in [3.8, 4) is 22.8 Å². The van der Waals surface area contributed by atoms with Gasteiger partial charge in [0.05, 0.1) is 5.69 Å². The highest BCUT2D eigenvalue weighted by molar-refractivity contribution is 8.03. The number of hydrogen-bond acceptors (Lipinski definition) is 6. The van der Waals surface area contributed by atoms with E-state index in [0.29, 0.717) is 11.5 Å². The van der Waals surface area contributed by atoms with E-state index in [-0.39, 0.29) is 35.1 Å². The fourth-order valence-electron chi connectivity index (χ4n) is 5.29. The number of allylic oxidation sites excluding steroid dienone is 1. The number of thioether (sulfide) groups is 1. The number of nitrogens with one attached hydrogen (secondary N) is 2. The maximum atomic E-state index is 14.0. The van der Waals surface area contributed by atoms with Crippen LogP contribution in [-0.4, -0.2) is 38.7 Å². The molecule has 5 rings (SSSR count). The van der Waals surface area contributed by atoms with E-state index in [1.165, 1.54) is 53.1 Å². The maximum absolute atomic E-state index is 14.0. The Balaban J connectivity index is 1.09. The molecule has 0 aliphatic carbocycles. The Morgan fingerprint density at radius 1 is 1.04 bits per heavy atom. The predicted molar refractivity (Wildman–Crippen MR) is 176 cm³/mol. The van der Waals surface area contributed by atoms with Crippen LogP contribution in [0, 0.1) is 5.82 Å². The van der Waals surface area contributed by atoms with E-state index in [0.717, 1.165) is 47.3 Å². The highest BCUT2D eigenvalue weighted by Gasteiger charge is 2.31. The highest BCUT2D eigenvalue weighted by atomic mass is 32.2. The first-order valence-corrected chi connectivity index (χ1v) is 16.2. The Bertz CT molecular complexity index is 1710. The first-order valence-electron chi connectivity index (χ1n) is 15.2. The van der Waals surface area contributed by atoms with Crippen molar-refractivity contribution in [3.63, 3.8) is 0 Å². The van der Waals surface area contributed by atoms with Gasteiger partial charge in [-0.05, 0) is 98.0 Å². The number of carbonyl (C=O) groups excluding carboxylic acids is 1. The lowest BCUT2D eigenvalue weighted by Gasteiger charge is -2.31. The zero-order chi connectivity index (χ0) is 33.7. The molecular formula is C34H36F4N6O2S. The van der Waals surface area contributed by atoms with Crippen LogP contribution in [0.5, 0.6) is 5.75 Å². The molecule has 1 aromatic heterocycles. The molecule has 0 spiro atoms. The number of halogens is 4. The molecule has 0 bridgehead atoms. The van der Waals surface area contributed by atoms with Crippen LogP contribution in [-0.2, 0) is 6.42 Å². The highest BCUT2D eigenvalue weighted by Crippen LogP contribution is 2.38. The molecule has 2 N–H and O–H groups in total. The fraction of sp³-hybridized carbons (Fsp3) is 0.324. The molecule has 2 unspecified atom stereocenters. The van der Waals surface area contributed by atoms with Gasteiger partial charge in [0.15, 0.2) is 11.3 Å². The number of amides is 2. The van der Waals surface area contributed by atoms with Gasteiger partial charge in [-0.25, -0.2) is 18.9 Å². The molecule has 0 saturated heterocycles. The Hall–Kier alpha value is -4.52. The number of ether oxygens (including phenoxy) is 1. The van der Waals surface area contributed by atoms with Gasteiger partial charge in [-0.3, -0.25) is 0 Å². The number of carbonyl (C=O) groups is 1. The molecule has 2 heterocycles. The lowest BCUT2D eigenvalue weighted by Crippen LogP contribution is -2.49. The van der Waals surface area contributed by atoms with Crippen molar-refractivity contribution in [1.82, 2.24) is 25.4 Å². The van der Waals surface area contributed by atoms with Crippen LogP contribution in [0.2, 0.25) is 0 Å². The molecule has 2 atom stereocenters. The van der Waals surface area contributed by atoms with Crippen molar-refractivity contribution in [2.75, 3.05) is 4.90 Å². The summed E-state index contributed by atoms with van der Waals surface area (Å²) in [5, 5.41) is 12.5. The monoisotopic (exact) mass is 668 g/mol. The van der Waals surface area contributed by atoms with Crippen LogP contribution in [0.25, 0.3) is 17.1 Å². The molecule has 8 nitrogen and oxygen atoms in total. The molecule has 4 aromatic rings. The summed E-state index contributed by atoms with van der Waals surface area (Å²) in [5.74, 6) is 0.0109. The Morgan fingerprint density at radius 3 is 2.45 bits per heavy atom. The second kappa shape index (κ2) is 14.5. The number of nitrogens with zero attached hydrogens (tertiary/aromatic N) is 4. The van der Waals surface area contributed by atoms with Crippen LogP contribution in [0.15, 0.2) is 84.2 Å². The molecule has 0 saturated carbocycles. The number of aromatic nitrogens is 3. The van der Waals surface area contributed by atoms with E-state index >= 15 is 0 Å². The quantitative estimate of drug-likeness (QED) is 0.156. The van der Waals surface area contributed by atoms with Gasteiger partial charge in [0, 0.05) is 23.0 Å². The first kappa shape index (κ1) is 33.8. The van der Waals surface area contributed by atoms with E-state index in [9.17, 15) is 22.4 Å². The van der Waals surface area contributed by atoms with Crippen LogP contribution in [0.3, 0.4) is 0 Å². The van der Waals surface area contributed by atoms with Gasteiger partial charge < -0.3 is 20.3 Å². The summed E-state index contributed by atoms with van der Waals surface area (Å²) in [4.78, 5) is 19.3. The molecule has 47 heavy (non-hydrogen) atoms. The summed E-state index contributed by atoms with van der Waals surface area (Å²) in [6, 6.07) is 17.7. The van der Waals surface area contributed by atoms with Crippen LogP contribution in [0.4, 0.5) is 28.0 Å². The first-order chi connectivity index (χ1) is 22.4. The average Bonchev–Trinajstić information content (AvgIpc) is 3.64. The smallest absolute Gasteiger partial charge is 0.406 e. The lowest BCUT2D eigenvalue weighted by atomic mass is 10.00. The number of rotatable bonds is 11. The Morgan fingerprint density at radius 2 is 1.77 bits per heavy atom. The third-order valence-electron chi connectivity index (χ3n) is 7.63. The van der Waals surface area contributed by atoms with Crippen molar-refractivity contribution in [2.45, 2.75) is 70.8 Å². The standard InChI is InChI=1S/C34H36F4N6O2S/c1-21(2)29-18-26(35)12-17-30(29)44-23(4)19-47-33(44)41-32(45)40-22(3)6-5-7-24-8-10-25(11-9-24)31-39-20-43(42-31)27-13-15-28(16-14-27)46-34(36,37)38/h8-22,33H,5-7H2,1-4H3,(H2,40,41,45). The third-order valence-corrected chi connectivity index (χ3v) is 8.69. The molecule has 3 aromatic carbocycles. The van der Waals surface area contributed by atoms with Crippen molar-refractivity contribution < 1.29 is 27.1 Å². The Kier molecular flexibility index (Phi) is 10.4. The van der Waals surface area contributed by atoms with E-state index in [4.69, 9.17) is 0 Å². The topological polar surface area (TPSA) is 84.3 Å². The van der Waals surface area contributed by atoms with Crippen molar-refractivity contribution in [2.24, 2.45) is 0 Å².